The first-order chi connectivity index (χ1) is 17.8. The molecule has 1 aromatic heterocycles. The van der Waals surface area contributed by atoms with Crippen molar-refractivity contribution >= 4 is 29.1 Å². The highest BCUT2D eigenvalue weighted by atomic mass is 32.1. The number of rotatable bonds is 11. The molecule has 10 heteroatoms. The van der Waals surface area contributed by atoms with Crippen LogP contribution < -0.4 is 25.4 Å². The second-order valence-corrected chi connectivity index (χ2v) is 9.77. The number of methoxy groups -OCH3 is 2. The highest BCUT2D eigenvalue weighted by Crippen LogP contribution is 2.27. The van der Waals surface area contributed by atoms with Gasteiger partial charge in [-0.2, -0.15) is 0 Å². The fourth-order valence-electron chi connectivity index (χ4n) is 3.77. The molecule has 3 aromatic rings. The van der Waals surface area contributed by atoms with Gasteiger partial charge >= 0.3 is 0 Å². The van der Waals surface area contributed by atoms with E-state index >= 15 is 0 Å². The lowest BCUT2D eigenvalue weighted by molar-refractivity contribution is -0.123. The fourth-order valence-corrected chi connectivity index (χ4v) is 4.40. The van der Waals surface area contributed by atoms with Crippen LogP contribution in [0.25, 0.3) is 10.6 Å². The lowest BCUT2D eigenvalue weighted by Crippen LogP contribution is -2.52. The largest absolute Gasteiger partial charge is 0.493 e. The van der Waals surface area contributed by atoms with E-state index in [1.54, 1.807) is 42.8 Å². The molecule has 37 heavy (non-hydrogen) atoms. The summed E-state index contributed by atoms with van der Waals surface area (Å²) in [5, 5.41) is 19.4. The van der Waals surface area contributed by atoms with E-state index < -0.39 is 6.04 Å². The third-order valence-electron chi connectivity index (χ3n) is 5.49. The molecule has 0 aliphatic heterocycles. The van der Waals surface area contributed by atoms with Crippen molar-refractivity contribution in [2.24, 2.45) is 5.92 Å². The number of benzene rings is 2. The highest BCUT2D eigenvalue weighted by Gasteiger charge is 2.21. The van der Waals surface area contributed by atoms with Crippen LogP contribution in [-0.2, 0) is 22.6 Å². The van der Waals surface area contributed by atoms with Gasteiger partial charge in [0.25, 0.3) is 0 Å². The molecule has 0 fully saturated rings. The quantitative estimate of drug-likeness (QED) is 0.224. The minimum absolute atomic E-state index is 0.0426. The van der Waals surface area contributed by atoms with Crippen LogP contribution in [0.2, 0.25) is 0 Å². The van der Waals surface area contributed by atoms with Crippen LogP contribution in [0, 0.1) is 11.3 Å². The Balaban J connectivity index is 1.56. The number of carbonyl (C=O) groups excluding carboxylic acids is 2. The van der Waals surface area contributed by atoms with Crippen molar-refractivity contribution in [3.63, 3.8) is 0 Å². The van der Waals surface area contributed by atoms with E-state index in [1.807, 2.05) is 43.5 Å². The predicted molar refractivity (Wildman–Crippen MR) is 145 cm³/mol. The van der Waals surface area contributed by atoms with Crippen LogP contribution in [-0.4, -0.2) is 43.0 Å². The van der Waals surface area contributed by atoms with Gasteiger partial charge in [0.1, 0.15) is 11.0 Å². The summed E-state index contributed by atoms with van der Waals surface area (Å²) in [6.07, 6.45) is 2.30. The number of thiazole rings is 1. The van der Waals surface area contributed by atoms with Gasteiger partial charge in [-0.15, -0.1) is 11.3 Å². The first kappa shape index (κ1) is 27.7. The lowest BCUT2D eigenvalue weighted by atomic mass is 10.0. The van der Waals surface area contributed by atoms with E-state index in [0.717, 1.165) is 16.1 Å². The number of nitrogens with one attached hydrogen (secondary N) is 4. The molecule has 1 atom stereocenters. The fraction of sp³-hybridized carbons (Fsp3) is 0.333. The summed E-state index contributed by atoms with van der Waals surface area (Å²) < 4.78 is 10.5. The molecule has 2 amide bonds. The number of aromatic nitrogens is 1. The van der Waals surface area contributed by atoms with Crippen LogP contribution >= 0.6 is 11.3 Å². The molecule has 3 rings (SSSR count). The Morgan fingerprint density at radius 2 is 1.84 bits per heavy atom. The van der Waals surface area contributed by atoms with Gasteiger partial charge in [0.05, 0.1) is 20.6 Å². The van der Waals surface area contributed by atoms with E-state index in [0.29, 0.717) is 30.0 Å². The maximum Gasteiger partial charge on any atom is 0.242 e. The molecule has 0 saturated heterocycles. The molecule has 0 saturated carbocycles. The molecule has 9 nitrogen and oxygen atoms in total. The van der Waals surface area contributed by atoms with Crippen LogP contribution in [0.5, 0.6) is 11.5 Å². The van der Waals surface area contributed by atoms with Crippen molar-refractivity contribution in [2.45, 2.75) is 39.3 Å². The monoisotopic (exact) mass is 523 g/mol. The molecule has 0 radical (unpaired) electrons. The van der Waals surface area contributed by atoms with Gasteiger partial charge in [-0.3, -0.25) is 20.3 Å². The molecule has 2 aromatic carbocycles. The van der Waals surface area contributed by atoms with Crippen molar-refractivity contribution in [1.82, 2.24) is 20.9 Å². The maximum absolute atomic E-state index is 13.0. The Labute approximate surface area is 221 Å². The van der Waals surface area contributed by atoms with Crippen molar-refractivity contribution < 1.29 is 19.1 Å². The zero-order valence-corrected chi connectivity index (χ0v) is 22.3. The third kappa shape index (κ3) is 8.32. The summed E-state index contributed by atoms with van der Waals surface area (Å²) in [7, 11) is 3.07. The van der Waals surface area contributed by atoms with Gasteiger partial charge < -0.3 is 20.1 Å². The smallest absolute Gasteiger partial charge is 0.242 e. The highest BCUT2D eigenvalue weighted by molar-refractivity contribution is 7.13. The molecule has 0 spiro atoms. The number of amides is 2. The normalized spacial score (nSPS) is 11.5. The van der Waals surface area contributed by atoms with Gasteiger partial charge in [0, 0.05) is 23.7 Å². The molecule has 0 aliphatic rings. The van der Waals surface area contributed by atoms with E-state index in [-0.39, 0.29) is 30.1 Å². The summed E-state index contributed by atoms with van der Waals surface area (Å²) in [5.74, 6) is 0.439. The first-order valence-electron chi connectivity index (χ1n) is 11.9. The van der Waals surface area contributed by atoms with Gasteiger partial charge in [0.15, 0.2) is 17.5 Å². The summed E-state index contributed by atoms with van der Waals surface area (Å²) in [4.78, 5) is 29.8. The number of guanidine groups is 1. The molecule has 0 aliphatic carbocycles. The Kier molecular flexibility index (Phi) is 10.0. The predicted octanol–water partition coefficient (Wildman–Crippen LogP) is 3.74. The average Bonchev–Trinajstić information content (AvgIpc) is 3.42. The minimum atomic E-state index is -0.670. The number of hydrogen-bond donors (Lipinski definition) is 4. The molecule has 0 unspecified atom stereocenters. The van der Waals surface area contributed by atoms with Crippen molar-refractivity contribution in [1.29, 1.82) is 5.41 Å². The van der Waals surface area contributed by atoms with Gasteiger partial charge in [-0.1, -0.05) is 38.1 Å². The first-order valence-corrected chi connectivity index (χ1v) is 12.8. The van der Waals surface area contributed by atoms with Gasteiger partial charge in [-0.25, -0.2) is 4.98 Å². The van der Waals surface area contributed by atoms with E-state index in [9.17, 15) is 9.59 Å². The lowest BCUT2D eigenvalue weighted by Gasteiger charge is -2.22. The topological polar surface area (TPSA) is 125 Å². The summed E-state index contributed by atoms with van der Waals surface area (Å²) >= 11 is 1.56. The maximum atomic E-state index is 13.0. The Morgan fingerprint density at radius 1 is 1.05 bits per heavy atom. The molecule has 4 N–H and O–H groups in total. The second-order valence-electron chi connectivity index (χ2n) is 8.87. The van der Waals surface area contributed by atoms with Crippen molar-refractivity contribution in [2.75, 3.05) is 14.2 Å². The summed E-state index contributed by atoms with van der Waals surface area (Å²) in [5.41, 5.74) is 2.65. The third-order valence-corrected chi connectivity index (χ3v) is 6.31. The molecule has 1 heterocycles. The van der Waals surface area contributed by atoms with Crippen LogP contribution in [0.4, 0.5) is 0 Å². The van der Waals surface area contributed by atoms with Crippen LogP contribution in [0.1, 0.15) is 31.4 Å². The van der Waals surface area contributed by atoms with Crippen LogP contribution in [0.3, 0.4) is 0 Å². The molecule has 196 valence electrons. The van der Waals surface area contributed by atoms with Crippen molar-refractivity contribution in [3.05, 3.63) is 65.2 Å². The van der Waals surface area contributed by atoms with E-state index in [4.69, 9.17) is 14.9 Å². The molecule has 0 bridgehead atoms. The Morgan fingerprint density at radius 3 is 2.51 bits per heavy atom. The van der Waals surface area contributed by atoms with Gasteiger partial charge in [0.2, 0.25) is 11.8 Å². The Bertz CT molecular complexity index is 1210. The van der Waals surface area contributed by atoms with E-state index in [2.05, 4.69) is 20.9 Å². The minimum Gasteiger partial charge on any atom is -0.493 e. The second kappa shape index (κ2) is 13.4. The van der Waals surface area contributed by atoms with E-state index in [1.165, 1.54) is 7.11 Å². The van der Waals surface area contributed by atoms with Crippen molar-refractivity contribution in [3.8, 4) is 22.1 Å². The zero-order chi connectivity index (χ0) is 26.8. The summed E-state index contributed by atoms with van der Waals surface area (Å²) in [6, 6.07) is 12.4. The van der Waals surface area contributed by atoms with Gasteiger partial charge in [-0.05, 0) is 41.7 Å². The average molecular weight is 524 g/mol. The standard InChI is InChI=1S/C27H33N5O4S/c1-17(2)12-21(25(34)30-16-19-6-5-7-20(13-19)26-29-10-11-37-26)31-27(28)32-24(33)15-18-8-9-22(35-3)23(14-18)36-4/h5-11,13-14,17,21H,12,15-16H2,1-4H3,(H,30,34)(H3,28,31,32,33)/t21-/m1/s1. The van der Waals surface area contributed by atoms with Crippen LogP contribution in [0.15, 0.2) is 54.0 Å². The Hall–Kier alpha value is -3.92. The number of ether oxygens (including phenoxy) is 2. The summed E-state index contributed by atoms with van der Waals surface area (Å²) in [6.45, 7) is 4.34. The number of hydrogen-bond acceptors (Lipinski definition) is 7. The number of carbonyl (C=O) groups is 2. The zero-order valence-electron chi connectivity index (χ0n) is 21.5. The number of nitrogens with zero attached hydrogens (tertiary/aromatic N) is 1. The molecular weight excluding hydrogens is 490 g/mol. The molecular formula is C27H33N5O4S. The SMILES string of the molecule is COc1ccc(CC(=O)NC(=N)N[C@H](CC(C)C)C(=O)NCc2cccc(-c3nccs3)c2)cc1OC.